The summed E-state index contributed by atoms with van der Waals surface area (Å²) in [5, 5.41) is 12.4. The van der Waals surface area contributed by atoms with Gasteiger partial charge in [0, 0.05) is 19.0 Å². The van der Waals surface area contributed by atoms with Gasteiger partial charge >= 0.3 is 5.97 Å². The molecule has 1 N–H and O–H groups in total. The average molecular weight is 619 g/mol. The zero-order valence-corrected chi connectivity index (χ0v) is 21.4. The molecule has 3 rings (SSSR count). The molecule has 0 aliphatic rings. The van der Waals surface area contributed by atoms with E-state index < -0.39 is 11.9 Å². The molecule has 0 unspecified atom stereocenters. The third-order valence-electron chi connectivity index (χ3n) is 4.27. The van der Waals surface area contributed by atoms with Crippen LogP contribution in [0.25, 0.3) is 6.08 Å². The number of esters is 1. The van der Waals surface area contributed by atoms with Crippen molar-refractivity contribution in [3.8, 4) is 11.8 Å². The first-order valence-electron chi connectivity index (χ1n) is 9.24. The molecule has 0 bridgehead atoms. The fourth-order valence-electron chi connectivity index (χ4n) is 2.76. The minimum Gasteiger partial charge on any atom is -0.422 e. The SMILES string of the molecule is Cc1cc(Br)c(NC(=O)/C(C#N)=C/c2cc(Br)ccc2OC(=O)c2ccccc2)c(Br)c1. The zero-order chi connectivity index (χ0) is 23.3. The lowest BCUT2D eigenvalue weighted by Gasteiger charge is -2.11. The molecule has 0 aliphatic carbocycles. The molecule has 3 aromatic carbocycles. The van der Waals surface area contributed by atoms with Crippen molar-refractivity contribution in [2.75, 3.05) is 5.32 Å². The Labute approximate surface area is 210 Å². The topological polar surface area (TPSA) is 79.2 Å². The second kappa shape index (κ2) is 10.7. The summed E-state index contributed by atoms with van der Waals surface area (Å²) in [6.45, 7) is 1.92. The lowest BCUT2D eigenvalue weighted by molar-refractivity contribution is -0.112. The van der Waals surface area contributed by atoms with Crippen molar-refractivity contribution in [1.82, 2.24) is 0 Å². The van der Waals surface area contributed by atoms with Gasteiger partial charge in [-0.05, 0) is 92.9 Å². The molecule has 160 valence electrons. The number of aryl methyl sites for hydroxylation is 1. The number of carbonyl (C=O) groups is 2. The highest BCUT2D eigenvalue weighted by Gasteiger charge is 2.17. The maximum atomic E-state index is 12.8. The Morgan fingerprint density at radius 1 is 1.00 bits per heavy atom. The second-order valence-corrected chi connectivity index (χ2v) is 9.29. The Kier molecular flexibility index (Phi) is 8.02. The molecule has 0 aromatic heterocycles. The van der Waals surface area contributed by atoms with E-state index in [-0.39, 0.29) is 11.3 Å². The minimum absolute atomic E-state index is 0.153. The molecule has 0 saturated heterocycles. The van der Waals surface area contributed by atoms with Crippen LogP contribution in [0, 0.1) is 18.3 Å². The van der Waals surface area contributed by atoms with E-state index in [4.69, 9.17) is 4.74 Å². The Morgan fingerprint density at radius 2 is 1.66 bits per heavy atom. The van der Waals surface area contributed by atoms with Crippen LogP contribution in [-0.4, -0.2) is 11.9 Å². The van der Waals surface area contributed by atoms with Crippen molar-refractivity contribution in [2.24, 2.45) is 0 Å². The number of hydrogen-bond acceptors (Lipinski definition) is 4. The summed E-state index contributed by atoms with van der Waals surface area (Å²) in [4.78, 5) is 25.3. The van der Waals surface area contributed by atoms with Gasteiger partial charge in [0.2, 0.25) is 0 Å². The fraction of sp³-hybridized carbons (Fsp3) is 0.0417. The number of carbonyl (C=O) groups excluding carboxylic acids is 2. The summed E-state index contributed by atoms with van der Waals surface area (Å²) in [5.41, 5.74) is 2.14. The molecule has 3 aromatic rings. The molecular formula is C24H15Br3N2O3. The van der Waals surface area contributed by atoms with Crippen LogP contribution >= 0.6 is 47.8 Å². The van der Waals surface area contributed by atoms with Crippen molar-refractivity contribution >= 4 is 71.4 Å². The number of rotatable bonds is 5. The predicted molar refractivity (Wildman–Crippen MR) is 134 cm³/mol. The molecule has 0 spiro atoms. The van der Waals surface area contributed by atoms with Gasteiger partial charge in [-0.15, -0.1) is 0 Å². The molecule has 8 heteroatoms. The van der Waals surface area contributed by atoms with E-state index in [9.17, 15) is 14.9 Å². The third kappa shape index (κ3) is 5.94. The van der Waals surface area contributed by atoms with Gasteiger partial charge < -0.3 is 10.1 Å². The standard InChI is InChI=1S/C24H15Br3N2O3/c1-14-9-19(26)22(20(27)10-14)29-23(30)17(13-28)11-16-12-18(25)7-8-21(16)32-24(31)15-5-3-2-4-6-15/h2-12H,1H3,(H,29,30)/b17-11+. The Bertz CT molecular complexity index is 1240. The van der Waals surface area contributed by atoms with Gasteiger partial charge in [-0.1, -0.05) is 34.1 Å². The van der Waals surface area contributed by atoms with E-state index in [1.54, 1.807) is 48.5 Å². The van der Waals surface area contributed by atoms with E-state index in [0.717, 1.165) is 5.56 Å². The lowest BCUT2D eigenvalue weighted by atomic mass is 10.1. The van der Waals surface area contributed by atoms with Gasteiger partial charge in [-0.2, -0.15) is 5.26 Å². The molecular weight excluding hydrogens is 604 g/mol. The Balaban J connectivity index is 1.92. The molecule has 0 heterocycles. The number of amides is 1. The zero-order valence-electron chi connectivity index (χ0n) is 16.7. The fourth-order valence-corrected chi connectivity index (χ4v) is 4.75. The molecule has 32 heavy (non-hydrogen) atoms. The number of nitriles is 1. The number of nitrogens with zero attached hydrogens (tertiary/aromatic N) is 1. The molecule has 0 aliphatic heterocycles. The maximum absolute atomic E-state index is 12.8. The normalized spacial score (nSPS) is 10.9. The average Bonchev–Trinajstić information content (AvgIpc) is 2.76. The summed E-state index contributed by atoms with van der Waals surface area (Å²) < 4.78 is 7.57. The van der Waals surface area contributed by atoms with E-state index in [1.165, 1.54) is 6.08 Å². The van der Waals surface area contributed by atoms with E-state index >= 15 is 0 Å². The monoisotopic (exact) mass is 616 g/mol. The summed E-state index contributed by atoms with van der Waals surface area (Å²) in [7, 11) is 0. The minimum atomic E-state index is -0.599. The molecule has 0 atom stereocenters. The van der Waals surface area contributed by atoms with Gasteiger partial charge in [0.25, 0.3) is 5.91 Å². The highest BCUT2D eigenvalue weighted by Crippen LogP contribution is 2.33. The quantitative estimate of drug-likeness (QED) is 0.144. The Morgan fingerprint density at radius 3 is 2.28 bits per heavy atom. The smallest absolute Gasteiger partial charge is 0.343 e. The number of anilines is 1. The molecule has 0 radical (unpaired) electrons. The third-order valence-corrected chi connectivity index (χ3v) is 6.02. The first-order valence-corrected chi connectivity index (χ1v) is 11.6. The van der Waals surface area contributed by atoms with Crippen LogP contribution in [0.2, 0.25) is 0 Å². The predicted octanol–water partition coefficient (Wildman–Crippen LogP) is 7.05. The number of nitrogens with one attached hydrogen (secondary N) is 1. The van der Waals surface area contributed by atoms with Gasteiger partial charge in [0.15, 0.2) is 0 Å². The first-order chi connectivity index (χ1) is 15.3. The van der Waals surface area contributed by atoms with Crippen molar-refractivity contribution in [2.45, 2.75) is 6.92 Å². The van der Waals surface area contributed by atoms with E-state index in [1.807, 2.05) is 25.1 Å². The molecule has 5 nitrogen and oxygen atoms in total. The summed E-state index contributed by atoms with van der Waals surface area (Å²) >= 11 is 10.2. The highest BCUT2D eigenvalue weighted by molar-refractivity contribution is 9.11. The summed E-state index contributed by atoms with van der Waals surface area (Å²) in [5.74, 6) is -0.920. The van der Waals surface area contributed by atoms with Crippen LogP contribution in [0.1, 0.15) is 21.5 Å². The second-order valence-electron chi connectivity index (χ2n) is 6.67. The van der Waals surface area contributed by atoms with Crippen LogP contribution in [0.3, 0.4) is 0 Å². The van der Waals surface area contributed by atoms with Crippen LogP contribution in [0.5, 0.6) is 5.75 Å². The summed E-state index contributed by atoms with van der Waals surface area (Å²) in [6, 6.07) is 19.1. The number of hydrogen-bond donors (Lipinski definition) is 1. The summed E-state index contributed by atoms with van der Waals surface area (Å²) in [6.07, 6.45) is 1.38. The van der Waals surface area contributed by atoms with Crippen molar-refractivity contribution < 1.29 is 14.3 Å². The first kappa shape index (κ1) is 23.9. The largest absolute Gasteiger partial charge is 0.422 e. The van der Waals surface area contributed by atoms with Crippen LogP contribution in [0.4, 0.5) is 5.69 Å². The lowest BCUT2D eigenvalue weighted by Crippen LogP contribution is -2.14. The van der Waals surface area contributed by atoms with Crippen molar-refractivity contribution in [3.63, 3.8) is 0 Å². The Hall–Kier alpha value is -2.73. The van der Waals surface area contributed by atoms with Crippen molar-refractivity contribution in [1.29, 1.82) is 5.26 Å². The van der Waals surface area contributed by atoms with Crippen molar-refractivity contribution in [3.05, 3.63) is 96.3 Å². The number of halogens is 3. The highest BCUT2D eigenvalue weighted by atomic mass is 79.9. The molecule has 0 saturated carbocycles. The van der Waals surface area contributed by atoms with Crippen LogP contribution < -0.4 is 10.1 Å². The number of ether oxygens (including phenoxy) is 1. The van der Waals surface area contributed by atoms with Gasteiger partial charge in [0.1, 0.15) is 17.4 Å². The molecule has 0 fully saturated rings. The van der Waals surface area contributed by atoms with Crippen LogP contribution in [-0.2, 0) is 4.79 Å². The van der Waals surface area contributed by atoms with E-state index in [2.05, 4.69) is 53.1 Å². The van der Waals surface area contributed by atoms with E-state index in [0.29, 0.717) is 30.2 Å². The van der Waals surface area contributed by atoms with Crippen LogP contribution in [0.15, 0.2) is 79.7 Å². The van der Waals surface area contributed by atoms with Gasteiger partial charge in [0.05, 0.1) is 11.3 Å². The number of benzene rings is 3. The van der Waals surface area contributed by atoms with Gasteiger partial charge in [-0.25, -0.2) is 4.79 Å². The maximum Gasteiger partial charge on any atom is 0.343 e. The van der Waals surface area contributed by atoms with Gasteiger partial charge in [-0.3, -0.25) is 4.79 Å². The molecule has 1 amide bonds.